The molecule has 1 N–H and O–H groups in total. The SMILES string of the molecule is CC(=O)N1CCCCC1.CN(C)C1CCOCC1.O=C(O)c1ccccc1. The average molecular weight is 379 g/mol. The standard InChI is InChI=1S/C7H15NO.C7H13NO.C7H6O2/c1-8(2)7-3-5-9-6-4-7;1-7(9)8-5-3-2-4-6-8;8-7(9)6-4-2-1-3-5-6/h7H,3-6H2,1-2H3;2-6H2,1H3;1-5H,(H,8,9). The van der Waals surface area contributed by atoms with E-state index in [0.717, 1.165) is 32.3 Å². The smallest absolute Gasteiger partial charge is 0.335 e. The number of hydrogen-bond donors (Lipinski definition) is 1. The van der Waals surface area contributed by atoms with Gasteiger partial charge in [0.15, 0.2) is 0 Å². The summed E-state index contributed by atoms with van der Waals surface area (Å²) in [5.74, 6) is -0.648. The highest BCUT2D eigenvalue weighted by molar-refractivity contribution is 5.87. The number of likely N-dealkylation sites (tertiary alicyclic amines) is 1. The van der Waals surface area contributed by atoms with E-state index in [1.807, 2.05) is 4.90 Å². The van der Waals surface area contributed by atoms with E-state index < -0.39 is 5.97 Å². The predicted molar refractivity (Wildman–Crippen MR) is 107 cm³/mol. The number of carboxylic acid groups (broad SMARTS) is 1. The third-order valence-electron chi connectivity index (χ3n) is 4.74. The molecule has 1 amide bonds. The van der Waals surface area contributed by atoms with Crippen LogP contribution < -0.4 is 0 Å². The molecule has 1 aromatic rings. The van der Waals surface area contributed by atoms with Crippen LogP contribution in [0.4, 0.5) is 0 Å². The van der Waals surface area contributed by atoms with Crippen molar-refractivity contribution in [1.29, 1.82) is 0 Å². The van der Waals surface area contributed by atoms with Gasteiger partial charge in [-0.3, -0.25) is 4.79 Å². The van der Waals surface area contributed by atoms with Crippen molar-refractivity contribution in [2.75, 3.05) is 40.4 Å². The number of aromatic carboxylic acids is 1. The summed E-state index contributed by atoms with van der Waals surface area (Å²) in [6, 6.07) is 9.06. The van der Waals surface area contributed by atoms with Crippen molar-refractivity contribution in [3.05, 3.63) is 35.9 Å². The third-order valence-corrected chi connectivity index (χ3v) is 4.74. The van der Waals surface area contributed by atoms with Gasteiger partial charge in [-0.25, -0.2) is 4.79 Å². The maximum Gasteiger partial charge on any atom is 0.335 e. The highest BCUT2D eigenvalue weighted by Gasteiger charge is 2.14. The molecule has 6 heteroatoms. The van der Waals surface area contributed by atoms with Gasteiger partial charge in [-0.05, 0) is 58.3 Å². The highest BCUT2D eigenvalue weighted by Crippen LogP contribution is 2.10. The fourth-order valence-corrected chi connectivity index (χ4v) is 2.99. The summed E-state index contributed by atoms with van der Waals surface area (Å²) in [6.45, 7) is 5.50. The van der Waals surface area contributed by atoms with Gasteiger partial charge in [0.05, 0.1) is 5.56 Å². The highest BCUT2D eigenvalue weighted by atomic mass is 16.5. The summed E-state index contributed by atoms with van der Waals surface area (Å²) >= 11 is 0. The maximum atomic E-state index is 10.7. The number of nitrogens with zero attached hydrogens (tertiary/aromatic N) is 2. The summed E-state index contributed by atoms with van der Waals surface area (Å²) in [4.78, 5) is 25.1. The molecule has 2 fully saturated rings. The first kappa shape index (κ1) is 23.1. The van der Waals surface area contributed by atoms with E-state index in [1.165, 1.54) is 32.1 Å². The Morgan fingerprint density at radius 2 is 1.59 bits per heavy atom. The monoisotopic (exact) mass is 378 g/mol. The van der Waals surface area contributed by atoms with Gasteiger partial charge in [-0.15, -0.1) is 0 Å². The minimum atomic E-state index is -0.879. The summed E-state index contributed by atoms with van der Waals surface area (Å²) in [6.07, 6.45) is 6.09. The van der Waals surface area contributed by atoms with E-state index in [4.69, 9.17) is 9.84 Å². The molecule has 0 aromatic heterocycles. The second-order valence-electron chi connectivity index (χ2n) is 7.05. The fourth-order valence-electron chi connectivity index (χ4n) is 2.99. The van der Waals surface area contributed by atoms with Gasteiger partial charge in [0.2, 0.25) is 5.91 Å². The van der Waals surface area contributed by atoms with Crippen LogP contribution >= 0.6 is 0 Å². The van der Waals surface area contributed by atoms with Crippen molar-refractivity contribution in [1.82, 2.24) is 9.80 Å². The Hall–Kier alpha value is -1.92. The molecule has 0 atom stereocenters. The van der Waals surface area contributed by atoms with Crippen molar-refractivity contribution in [2.24, 2.45) is 0 Å². The largest absolute Gasteiger partial charge is 0.478 e. The average Bonchev–Trinajstić information content (AvgIpc) is 2.71. The minimum absolute atomic E-state index is 0.231. The van der Waals surface area contributed by atoms with E-state index in [0.29, 0.717) is 5.56 Å². The molecule has 2 aliphatic heterocycles. The molecule has 0 spiro atoms. The summed E-state index contributed by atoms with van der Waals surface area (Å²) < 4.78 is 5.22. The van der Waals surface area contributed by atoms with E-state index in [-0.39, 0.29) is 5.91 Å². The molecular formula is C21H34N2O4. The van der Waals surface area contributed by atoms with Crippen molar-refractivity contribution < 1.29 is 19.4 Å². The van der Waals surface area contributed by atoms with Crippen LogP contribution in [-0.2, 0) is 9.53 Å². The van der Waals surface area contributed by atoms with E-state index in [1.54, 1.807) is 37.3 Å². The Bertz CT molecular complexity index is 536. The summed E-state index contributed by atoms with van der Waals surface area (Å²) in [7, 11) is 4.27. The number of carbonyl (C=O) groups is 2. The molecule has 3 rings (SSSR count). The fraction of sp³-hybridized carbons (Fsp3) is 0.619. The Morgan fingerprint density at radius 1 is 1.04 bits per heavy atom. The van der Waals surface area contributed by atoms with Crippen LogP contribution in [0.1, 0.15) is 49.4 Å². The zero-order valence-corrected chi connectivity index (χ0v) is 16.9. The molecule has 0 radical (unpaired) electrons. The van der Waals surface area contributed by atoms with Crippen molar-refractivity contribution in [3.63, 3.8) is 0 Å². The van der Waals surface area contributed by atoms with Crippen LogP contribution in [0.2, 0.25) is 0 Å². The van der Waals surface area contributed by atoms with Crippen LogP contribution in [0.3, 0.4) is 0 Å². The van der Waals surface area contributed by atoms with Crippen LogP contribution in [0, 0.1) is 0 Å². The van der Waals surface area contributed by atoms with E-state index in [2.05, 4.69) is 19.0 Å². The lowest BCUT2D eigenvalue weighted by atomic mass is 10.1. The van der Waals surface area contributed by atoms with Gasteiger partial charge in [-0.1, -0.05) is 18.2 Å². The third kappa shape index (κ3) is 10.1. The van der Waals surface area contributed by atoms with Gasteiger partial charge in [0.1, 0.15) is 0 Å². The second kappa shape index (κ2) is 13.3. The molecule has 6 nitrogen and oxygen atoms in total. The Labute approximate surface area is 163 Å². The molecule has 0 unspecified atom stereocenters. The maximum absolute atomic E-state index is 10.7. The zero-order valence-electron chi connectivity index (χ0n) is 16.9. The van der Waals surface area contributed by atoms with Gasteiger partial charge < -0.3 is 19.6 Å². The minimum Gasteiger partial charge on any atom is -0.478 e. The molecule has 0 bridgehead atoms. The van der Waals surface area contributed by atoms with E-state index >= 15 is 0 Å². The molecule has 0 saturated carbocycles. The number of piperidine rings is 1. The zero-order chi connectivity index (χ0) is 20.1. The van der Waals surface area contributed by atoms with Gasteiger partial charge >= 0.3 is 5.97 Å². The van der Waals surface area contributed by atoms with Crippen LogP contribution in [0.5, 0.6) is 0 Å². The number of hydrogen-bond acceptors (Lipinski definition) is 4. The molecule has 27 heavy (non-hydrogen) atoms. The predicted octanol–water partition coefficient (Wildman–Crippen LogP) is 3.13. The lowest BCUT2D eigenvalue weighted by molar-refractivity contribution is -0.129. The molecule has 152 valence electrons. The summed E-state index contributed by atoms with van der Waals surface area (Å²) in [5, 5.41) is 8.38. The normalized spacial score (nSPS) is 17.3. The number of carbonyl (C=O) groups excluding carboxylic acids is 1. The van der Waals surface area contributed by atoms with Crippen LogP contribution in [-0.4, -0.2) is 73.2 Å². The second-order valence-corrected chi connectivity index (χ2v) is 7.05. The molecule has 2 aliphatic rings. The Morgan fingerprint density at radius 3 is 1.93 bits per heavy atom. The lowest BCUT2D eigenvalue weighted by Crippen LogP contribution is -2.33. The number of amides is 1. The van der Waals surface area contributed by atoms with Crippen molar-refractivity contribution in [3.8, 4) is 0 Å². The molecule has 1 aromatic carbocycles. The lowest BCUT2D eigenvalue weighted by Gasteiger charge is -2.27. The Kier molecular flexibility index (Phi) is 11.4. The quantitative estimate of drug-likeness (QED) is 0.856. The number of rotatable bonds is 2. The topological polar surface area (TPSA) is 70.1 Å². The number of benzene rings is 1. The number of ether oxygens (including phenoxy) is 1. The van der Waals surface area contributed by atoms with Crippen LogP contribution in [0.25, 0.3) is 0 Å². The van der Waals surface area contributed by atoms with Gasteiger partial charge in [0, 0.05) is 39.3 Å². The molecular weight excluding hydrogens is 344 g/mol. The van der Waals surface area contributed by atoms with Gasteiger partial charge in [-0.2, -0.15) is 0 Å². The first-order valence-corrected chi connectivity index (χ1v) is 9.70. The van der Waals surface area contributed by atoms with E-state index in [9.17, 15) is 9.59 Å². The molecule has 2 heterocycles. The Balaban J connectivity index is 0.000000202. The molecule has 2 saturated heterocycles. The molecule has 0 aliphatic carbocycles. The number of carboxylic acids is 1. The first-order valence-electron chi connectivity index (χ1n) is 9.70. The van der Waals surface area contributed by atoms with Crippen LogP contribution in [0.15, 0.2) is 30.3 Å². The first-order chi connectivity index (χ1) is 12.9. The van der Waals surface area contributed by atoms with Crippen molar-refractivity contribution in [2.45, 2.75) is 45.1 Å². The summed E-state index contributed by atoms with van der Waals surface area (Å²) in [5.41, 5.74) is 0.331. The van der Waals surface area contributed by atoms with Gasteiger partial charge in [0.25, 0.3) is 0 Å². The van der Waals surface area contributed by atoms with Crippen molar-refractivity contribution >= 4 is 11.9 Å².